The minimum atomic E-state index is -0.934. The molecule has 2 N–H and O–H groups in total. The predicted octanol–water partition coefficient (Wildman–Crippen LogP) is 4.42. The van der Waals surface area contributed by atoms with Gasteiger partial charge in [0.05, 0.1) is 12.6 Å². The molecule has 2 rings (SSSR count). The van der Waals surface area contributed by atoms with E-state index in [1.165, 1.54) is 49.0 Å². The average molecular weight is 333 g/mol. The minimum absolute atomic E-state index is 0.106. The van der Waals surface area contributed by atoms with Crippen molar-refractivity contribution in [2.24, 2.45) is 0 Å². The highest BCUT2D eigenvalue weighted by Crippen LogP contribution is 2.33. The molecule has 1 fully saturated rings. The molecule has 1 amide bonds. The molecule has 0 radical (unpaired) electrons. The zero-order valence-corrected chi connectivity index (χ0v) is 14.8. The number of nitrogens with zero attached hydrogens (tertiary/aromatic N) is 1. The Morgan fingerprint density at radius 1 is 1.12 bits per heavy atom. The number of unbranched alkanes of at least 4 members (excludes halogenated alkanes) is 5. The van der Waals surface area contributed by atoms with Gasteiger partial charge in [0, 0.05) is 12.5 Å². The van der Waals surface area contributed by atoms with E-state index in [2.05, 4.69) is 31.2 Å². The maximum atomic E-state index is 11.2. The Balaban J connectivity index is 1.84. The number of aryl methyl sites for hydroxylation is 1. The van der Waals surface area contributed by atoms with Gasteiger partial charge in [-0.1, -0.05) is 63.3 Å². The number of benzene rings is 1. The molecule has 1 aliphatic heterocycles. The fourth-order valence-electron chi connectivity index (χ4n) is 3.75. The highest BCUT2D eigenvalue weighted by atomic mass is 16.4. The molecule has 0 saturated carbocycles. The van der Waals surface area contributed by atoms with Crippen LogP contribution in [0.2, 0.25) is 0 Å². The van der Waals surface area contributed by atoms with Crippen molar-refractivity contribution in [1.82, 2.24) is 4.90 Å². The van der Waals surface area contributed by atoms with Gasteiger partial charge in [0.1, 0.15) is 0 Å². The Hall–Kier alpha value is -1.55. The highest BCUT2D eigenvalue weighted by Gasteiger charge is 2.37. The van der Waals surface area contributed by atoms with E-state index in [0.717, 1.165) is 18.4 Å². The summed E-state index contributed by atoms with van der Waals surface area (Å²) in [4.78, 5) is 12.6. The van der Waals surface area contributed by atoms with Crippen molar-refractivity contribution >= 4 is 6.09 Å². The van der Waals surface area contributed by atoms with Gasteiger partial charge in [0.25, 0.3) is 0 Å². The average Bonchev–Trinajstić information content (AvgIpc) is 3.03. The fourth-order valence-corrected chi connectivity index (χ4v) is 3.75. The van der Waals surface area contributed by atoms with Crippen LogP contribution in [-0.2, 0) is 6.42 Å². The third-order valence-corrected chi connectivity index (χ3v) is 5.21. The molecule has 1 saturated heterocycles. The molecule has 134 valence electrons. The number of hydrogen-bond acceptors (Lipinski definition) is 2. The monoisotopic (exact) mass is 333 g/mol. The van der Waals surface area contributed by atoms with Crippen molar-refractivity contribution in [1.29, 1.82) is 0 Å². The standard InChI is InChI=1S/C20H31NO3/c1-2-3-4-5-6-7-8-16-9-11-17(12-10-16)18-13-14-21(20(23)24)19(18)15-22/h9-12,18-19,22H,2-8,13-15H2,1H3,(H,23,24)/t18-,19-/m1/s1. The number of rotatable bonds is 9. The third kappa shape index (κ3) is 4.97. The summed E-state index contributed by atoms with van der Waals surface area (Å²) in [6.45, 7) is 2.63. The van der Waals surface area contributed by atoms with Crippen LogP contribution < -0.4 is 0 Å². The maximum absolute atomic E-state index is 11.2. The van der Waals surface area contributed by atoms with Crippen molar-refractivity contribution in [2.45, 2.75) is 70.3 Å². The van der Waals surface area contributed by atoms with Gasteiger partial charge in [-0.05, 0) is 30.4 Å². The Labute approximate surface area is 145 Å². The molecular weight excluding hydrogens is 302 g/mol. The number of aliphatic hydroxyl groups excluding tert-OH is 1. The van der Waals surface area contributed by atoms with Crippen LogP contribution in [0.5, 0.6) is 0 Å². The van der Waals surface area contributed by atoms with Gasteiger partial charge < -0.3 is 15.1 Å². The molecule has 1 heterocycles. The largest absolute Gasteiger partial charge is 0.465 e. The van der Waals surface area contributed by atoms with Gasteiger partial charge in [-0.25, -0.2) is 4.79 Å². The second-order valence-electron chi connectivity index (χ2n) is 6.88. The number of carboxylic acid groups (broad SMARTS) is 1. The quantitative estimate of drug-likeness (QED) is 0.658. The van der Waals surface area contributed by atoms with E-state index in [-0.39, 0.29) is 18.6 Å². The lowest BCUT2D eigenvalue weighted by Gasteiger charge is -2.24. The molecule has 1 aromatic rings. The first kappa shape index (κ1) is 18.8. The van der Waals surface area contributed by atoms with Crippen molar-refractivity contribution in [2.75, 3.05) is 13.2 Å². The summed E-state index contributed by atoms with van der Waals surface area (Å²) in [5.41, 5.74) is 2.49. The second kappa shape index (κ2) is 9.67. The molecule has 0 aromatic heterocycles. The van der Waals surface area contributed by atoms with Crippen molar-refractivity contribution in [3.05, 3.63) is 35.4 Å². The van der Waals surface area contributed by atoms with Crippen LogP contribution in [0.25, 0.3) is 0 Å². The molecule has 1 aromatic carbocycles. The summed E-state index contributed by atoms with van der Waals surface area (Å²) >= 11 is 0. The third-order valence-electron chi connectivity index (χ3n) is 5.21. The molecule has 1 aliphatic rings. The summed E-state index contributed by atoms with van der Waals surface area (Å²) in [6.07, 6.45) is 8.80. The Morgan fingerprint density at radius 3 is 2.42 bits per heavy atom. The SMILES string of the molecule is CCCCCCCCc1ccc([C@H]2CCN(C(=O)O)[C@@H]2CO)cc1. The van der Waals surface area contributed by atoms with Crippen LogP contribution in [0.4, 0.5) is 4.79 Å². The summed E-state index contributed by atoms with van der Waals surface area (Å²) in [7, 11) is 0. The van der Waals surface area contributed by atoms with Gasteiger partial charge in [-0.2, -0.15) is 0 Å². The first-order chi connectivity index (χ1) is 11.7. The molecule has 0 bridgehead atoms. The lowest BCUT2D eigenvalue weighted by Crippen LogP contribution is -2.38. The van der Waals surface area contributed by atoms with Gasteiger partial charge in [-0.15, -0.1) is 0 Å². The van der Waals surface area contributed by atoms with Crippen molar-refractivity contribution in [3.63, 3.8) is 0 Å². The summed E-state index contributed by atoms with van der Waals surface area (Å²) in [5, 5.41) is 18.8. The first-order valence-electron chi connectivity index (χ1n) is 9.36. The van der Waals surface area contributed by atoms with E-state index in [0.29, 0.717) is 6.54 Å². The van der Waals surface area contributed by atoms with Crippen LogP contribution in [0.1, 0.15) is 68.9 Å². The fraction of sp³-hybridized carbons (Fsp3) is 0.650. The Bertz CT molecular complexity index is 500. The van der Waals surface area contributed by atoms with Gasteiger partial charge in [0.2, 0.25) is 0 Å². The van der Waals surface area contributed by atoms with E-state index < -0.39 is 6.09 Å². The van der Waals surface area contributed by atoms with Gasteiger partial charge in [0.15, 0.2) is 0 Å². The Morgan fingerprint density at radius 2 is 1.79 bits per heavy atom. The van der Waals surface area contributed by atoms with Gasteiger partial charge >= 0.3 is 6.09 Å². The Kier molecular flexibility index (Phi) is 7.57. The summed E-state index contributed by atoms with van der Waals surface area (Å²) in [6, 6.07) is 8.25. The first-order valence-corrected chi connectivity index (χ1v) is 9.36. The molecule has 4 nitrogen and oxygen atoms in total. The van der Waals surface area contributed by atoms with E-state index in [1.807, 2.05) is 0 Å². The van der Waals surface area contributed by atoms with E-state index >= 15 is 0 Å². The maximum Gasteiger partial charge on any atom is 0.407 e. The van der Waals surface area contributed by atoms with Crippen LogP contribution in [0.15, 0.2) is 24.3 Å². The van der Waals surface area contributed by atoms with Crippen LogP contribution >= 0.6 is 0 Å². The zero-order chi connectivity index (χ0) is 17.4. The lowest BCUT2D eigenvalue weighted by molar-refractivity contribution is 0.114. The lowest BCUT2D eigenvalue weighted by atomic mass is 9.91. The van der Waals surface area contributed by atoms with Crippen LogP contribution in [0.3, 0.4) is 0 Å². The van der Waals surface area contributed by atoms with E-state index in [9.17, 15) is 15.0 Å². The molecule has 2 atom stereocenters. The summed E-state index contributed by atoms with van der Waals surface area (Å²) in [5.74, 6) is 0.106. The van der Waals surface area contributed by atoms with Crippen LogP contribution in [0, 0.1) is 0 Å². The van der Waals surface area contributed by atoms with Crippen LogP contribution in [-0.4, -0.2) is 40.4 Å². The molecule has 0 unspecified atom stereocenters. The number of likely N-dealkylation sites (tertiary alicyclic amines) is 1. The summed E-state index contributed by atoms with van der Waals surface area (Å²) < 4.78 is 0. The normalized spacial score (nSPS) is 20.5. The number of hydrogen-bond donors (Lipinski definition) is 2. The number of carbonyl (C=O) groups is 1. The zero-order valence-electron chi connectivity index (χ0n) is 14.8. The topological polar surface area (TPSA) is 60.8 Å². The van der Waals surface area contributed by atoms with E-state index in [1.54, 1.807) is 0 Å². The number of aliphatic hydroxyl groups is 1. The molecule has 0 spiro atoms. The smallest absolute Gasteiger partial charge is 0.407 e. The van der Waals surface area contributed by atoms with Gasteiger partial charge in [-0.3, -0.25) is 0 Å². The number of amides is 1. The van der Waals surface area contributed by atoms with Crippen molar-refractivity contribution < 1.29 is 15.0 Å². The predicted molar refractivity (Wildman–Crippen MR) is 96.5 cm³/mol. The minimum Gasteiger partial charge on any atom is -0.465 e. The molecule has 24 heavy (non-hydrogen) atoms. The molecular formula is C20H31NO3. The van der Waals surface area contributed by atoms with Crippen molar-refractivity contribution in [3.8, 4) is 0 Å². The highest BCUT2D eigenvalue weighted by molar-refractivity contribution is 5.66. The molecule has 4 heteroatoms. The van der Waals surface area contributed by atoms with E-state index in [4.69, 9.17) is 0 Å². The second-order valence-corrected chi connectivity index (χ2v) is 6.88. The molecule has 0 aliphatic carbocycles.